The lowest BCUT2D eigenvalue weighted by molar-refractivity contribution is -0.116. The molecule has 1 saturated heterocycles. The summed E-state index contributed by atoms with van der Waals surface area (Å²) in [6, 6.07) is 25.4. The Balaban J connectivity index is 1.47. The molecule has 0 saturated carbocycles. The van der Waals surface area contributed by atoms with Crippen LogP contribution in [0.4, 0.5) is 5.69 Å². The highest BCUT2D eigenvalue weighted by Gasteiger charge is 2.41. The van der Waals surface area contributed by atoms with E-state index in [0.717, 1.165) is 39.8 Å². The van der Waals surface area contributed by atoms with Crippen molar-refractivity contribution >= 4 is 28.9 Å². The van der Waals surface area contributed by atoms with Gasteiger partial charge in [0.05, 0.1) is 24.9 Å². The molecule has 8 heteroatoms. The fourth-order valence-electron chi connectivity index (χ4n) is 5.17. The Morgan fingerprint density at radius 2 is 1.79 bits per heavy atom. The van der Waals surface area contributed by atoms with Gasteiger partial charge in [0.1, 0.15) is 5.75 Å². The van der Waals surface area contributed by atoms with Gasteiger partial charge in [0.15, 0.2) is 5.11 Å². The molecule has 2 aromatic heterocycles. The fraction of sp³-hybridized carbons (Fsp3) is 0.233. The van der Waals surface area contributed by atoms with E-state index in [0.29, 0.717) is 18.1 Å². The van der Waals surface area contributed by atoms with E-state index in [1.54, 1.807) is 13.3 Å². The lowest BCUT2D eigenvalue weighted by Gasteiger charge is -2.28. The fourth-order valence-corrected chi connectivity index (χ4v) is 5.50. The summed E-state index contributed by atoms with van der Waals surface area (Å²) >= 11 is 5.81. The van der Waals surface area contributed by atoms with Crippen molar-refractivity contribution in [2.75, 3.05) is 19.0 Å². The van der Waals surface area contributed by atoms with Gasteiger partial charge in [0, 0.05) is 41.9 Å². The maximum Gasteiger partial charge on any atom is 0.226 e. The normalized spacial score (nSPS) is 16.8. The highest BCUT2D eigenvalue weighted by atomic mass is 32.1. The number of anilines is 1. The standard InChI is InChI=1S/C30H31N5O2S/c1-20-19-25(21(2)35(20)23-12-14-24(37-3)15-13-23)29-28(26-11-7-8-17-31-26)33-30(38)34(29)18-16-27(36)32-22-9-5-4-6-10-22/h4-15,17,19,28-29H,16,18H2,1-3H3,(H,32,36)(H,33,38)/t28-,29+/m1/s1. The van der Waals surface area contributed by atoms with E-state index in [2.05, 4.69) is 57.1 Å². The molecule has 38 heavy (non-hydrogen) atoms. The number of carbonyl (C=O) groups excluding carboxylic acids is 1. The Bertz CT molecular complexity index is 1420. The number of para-hydroxylation sites is 1. The zero-order valence-corrected chi connectivity index (χ0v) is 22.5. The maximum atomic E-state index is 12.8. The number of ether oxygens (including phenoxy) is 1. The second-order valence-electron chi connectivity index (χ2n) is 9.34. The summed E-state index contributed by atoms with van der Waals surface area (Å²) in [5.41, 5.74) is 6.12. The minimum absolute atomic E-state index is 0.0530. The van der Waals surface area contributed by atoms with Crippen LogP contribution < -0.4 is 15.4 Å². The van der Waals surface area contributed by atoms with Gasteiger partial charge < -0.3 is 24.8 Å². The van der Waals surface area contributed by atoms with Crippen molar-refractivity contribution < 1.29 is 9.53 Å². The number of nitrogens with one attached hydrogen (secondary N) is 2. The van der Waals surface area contributed by atoms with E-state index in [-0.39, 0.29) is 18.0 Å². The minimum atomic E-state index is -0.147. The largest absolute Gasteiger partial charge is 0.497 e. The Morgan fingerprint density at radius 3 is 2.47 bits per heavy atom. The Hall–Kier alpha value is -4.17. The number of aromatic nitrogens is 2. The van der Waals surface area contributed by atoms with Gasteiger partial charge in [-0.05, 0) is 86.2 Å². The van der Waals surface area contributed by atoms with Gasteiger partial charge in [-0.3, -0.25) is 9.78 Å². The van der Waals surface area contributed by atoms with Crippen LogP contribution >= 0.6 is 12.2 Å². The predicted molar refractivity (Wildman–Crippen MR) is 154 cm³/mol. The molecule has 1 fully saturated rings. The van der Waals surface area contributed by atoms with Crippen LogP contribution in [0.15, 0.2) is 85.1 Å². The van der Waals surface area contributed by atoms with Crippen molar-refractivity contribution in [1.82, 2.24) is 19.8 Å². The topological polar surface area (TPSA) is 71.4 Å². The van der Waals surface area contributed by atoms with E-state index in [4.69, 9.17) is 17.0 Å². The van der Waals surface area contributed by atoms with Crippen molar-refractivity contribution in [2.45, 2.75) is 32.4 Å². The number of hydrogen-bond acceptors (Lipinski definition) is 4. The summed E-state index contributed by atoms with van der Waals surface area (Å²) in [6.07, 6.45) is 2.10. The molecule has 7 nitrogen and oxygen atoms in total. The molecule has 0 aliphatic carbocycles. The number of rotatable bonds is 8. The van der Waals surface area contributed by atoms with Crippen molar-refractivity contribution in [2.24, 2.45) is 0 Å². The third-order valence-corrected chi connectivity index (χ3v) is 7.31. The number of benzene rings is 2. The first-order chi connectivity index (χ1) is 18.5. The molecule has 1 amide bonds. The van der Waals surface area contributed by atoms with E-state index in [1.165, 1.54) is 0 Å². The number of thiocarbonyl (C=S) groups is 1. The van der Waals surface area contributed by atoms with Crippen LogP contribution in [0.1, 0.15) is 41.1 Å². The average Bonchev–Trinajstić information content (AvgIpc) is 3.42. The molecule has 2 N–H and O–H groups in total. The van der Waals surface area contributed by atoms with Crippen LogP contribution in [0.2, 0.25) is 0 Å². The quantitative estimate of drug-likeness (QED) is 0.296. The van der Waals surface area contributed by atoms with Gasteiger partial charge in [0.25, 0.3) is 0 Å². The maximum absolute atomic E-state index is 12.8. The number of carbonyl (C=O) groups is 1. The van der Waals surface area contributed by atoms with Crippen LogP contribution in [-0.4, -0.2) is 39.1 Å². The summed E-state index contributed by atoms with van der Waals surface area (Å²) in [5.74, 6) is 0.764. The number of amides is 1. The summed E-state index contributed by atoms with van der Waals surface area (Å²) in [4.78, 5) is 19.6. The highest BCUT2D eigenvalue weighted by Crippen LogP contribution is 2.41. The first-order valence-electron chi connectivity index (χ1n) is 12.6. The minimum Gasteiger partial charge on any atom is -0.497 e. The van der Waals surface area contributed by atoms with Crippen LogP contribution in [-0.2, 0) is 4.79 Å². The number of methoxy groups -OCH3 is 1. The zero-order valence-electron chi connectivity index (χ0n) is 21.7. The first-order valence-corrected chi connectivity index (χ1v) is 13.0. The highest BCUT2D eigenvalue weighted by molar-refractivity contribution is 7.80. The smallest absolute Gasteiger partial charge is 0.226 e. The van der Waals surface area contributed by atoms with Gasteiger partial charge in [-0.15, -0.1) is 0 Å². The molecular weight excluding hydrogens is 494 g/mol. The third-order valence-electron chi connectivity index (χ3n) is 6.95. The van der Waals surface area contributed by atoms with E-state index < -0.39 is 0 Å². The summed E-state index contributed by atoms with van der Waals surface area (Å²) in [5, 5.41) is 7.09. The molecule has 4 aromatic rings. The van der Waals surface area contributed by atoms with Crippen molar-refractivity contribution in [3.63, 3.8) is 0 Å². The van der Waals surface area contributed by atoms with Crippen molar-refractivity contribution in [3.05, 3.63) is 108 Å². The lowest BCUT2D eigenvalue weighted by atomic mass is 9.96. The van der Waals surface area contributed by atoms with Crippen LogP contribution in [0, 0.1) is 13.8 Å². The first kappa shape index (κ1) is 25.5. The second-order valence-corrected chi connectivity index (χ2v) is 9.73. The summed E-state index contributed by atoms with van der Waals surface area (Å²) in [6.45, 7) is 4.71. The molecule has 0 bridgehead atoms. The van der Waals surface area contributed by atoms with E-state index in [1.807, 2.05) is 60.7 Å². The molecular formula is C30H31N5O2S. The van der Waals surface area contributed by atoms with Gasteiger partial charge in [-0.2, -0.15) is 0 Å². The molecule has 194 valence electrons. The van der Waals surface area contributed by atoms with Gasteiger partial charge in [-0.1, -0.05) is 24.3 Å². The molecule has 2 aromatic carbocycles. The molecule has 0 unspecified atom stereocenters. The Morgan fingerprint density at radius 1 is 1.05 bits per heavy atom. The summed E-state index contributed by atoms with van der Waals surface area (Å²) < 4.78 is 7.59. The Kier molecular flexibility index (Phi) is 7.42. The number of aryl methyl sites for hydroxylation is 1. The van der Waals surface area contributed by atoms with Gasteiger partial charge in [0.2, 0.25) is 5.91 Å². The number of pyridine rings is 1. The van der Waals surface area contributed by atoms with Crippen LogP contribution in [0.5, 0.6) is 5.75 Å². The van der Waals surface area contributed by atoms with Gasteiger partial charge >= 0.3 is 0 Å². The molecule has 1 aliphatic rings. The van der Waals surface area contributed by atoms with Crippen molar-refractivity contribution in [1.29, 1.82) is 0 Å². The lowest BCUT2D eigenvalue weighted by Crippen LogP contribution is -2.32. The summed E-state index contributed by atoms with van der Waals surface area (Å²) in [7, 11) is 1.67. The number of nitrogens with zero attached hydrogens (tertiary/aromatic N) is 3. The SMILES string of the molecule is COc1ccc(-n2c(C)cc([C@H]3[C@@H](c4ccccn4)NC(=S)N3CCC(=O)Nc3ccccc3)c2C)cc1. The monoisotopic (exact) mass is 525 g/mol. The molecule has 0 radical (unpaired) electrons. The van der Waals surface area contributed by atoms with Crippen molar-refractivity contribution in [3.8, 4) is 11.4 Å². The molecule has 0 spiro atoms. The zero-order chi connectivity index (χ0) is 26.6. The molecule has 2 atom stereocenters. The Labute approximate surface area is 228 Å². The van der Waals surface area contributed by atoms with E-state index >= 15 is 0 Å². The number of hydrogen-bond donors (Lipinski definition) is 2. The predicted octanol–water partition coefficient (Wildman–Crippen LogP) is 5.50. The third kappa shape index (κ3) is 5.13. The molecule has 5 rings (SSSR count). The van der Waals surface area contributed by atoms with E-state index in [9.17, 15) is 4.79 Å². The molecule has 3 heterocycles. The van der Waals surface area contributed by atoms with Crippen LogP contribution in [0.25, 0.3) is 5.69 Å². The van der Waals surface area contributed by atoms with Gasteiger partial charge in [-0.25, -0.2) is 0 Å². The van der Waals surface area contributed by atoms with Crippen LogP contribution in [0.3, 0.4) is 0 Å². The average molecular weight is 526 g/mol. The molecule has 1 aliphatic heterocycles. The second kappa shape index (κ2) is 11.1.